The predicted octanol–water partition coefficient (Wildman–Crippen LogP) is 0.672. The number of aromatic nitrogens is 4. The lowest BCUT2D eigenvalue weighted by Gasteiger charge is -2.56. The molecule has 0 bridgehead atoms. The van der Waals surface area contributed by atoms with Gasteiger partial charge < -0.3 is 14.7 Å². The van der Waals surface area contributed by atoms with Crippen LogP contribution in [0.2, 0.25) is 0 Å². The van der Waals surface area contributed by atoms with Crippen molar-refractivity contribution >= 4 is 11.7 Å². The maximum atomic E-state index is 12.7. The number of fused-ring (bicyclic) bond motifs is 1. The third kappa shape index (κ3) is 2.68. The van der Waals surface area contributed by atoms with Gasteiger partial charge in [0.2, 0.25) is 5.91 Å². The Labute approximate surface area is 152 Å². The molecule has 4 rings (SSSR count). The van der Waals surface area contributed by atoms with Gasteiger partial charge in [-0.05, 0) is 32.8 Å². The number of methoxy groups -OCH3 is 1. The van der Waals surface area contributed by atoms with Crippen LogP contribution in [-0.4, -0.2) is 67.9 Å². The molecule has 2 aliphatic rings. The zero-order valence-corrected chi connectivity index (χ0v) is 15.5. The van der Waals surface area contributed by atoms with Gasteiger partial charge in [0.15, 0.2) is 5.82 Å². The number of piperidine rings is 1. The summed E-state index contributed by atoms with van der Waals surface area (Å²) in [5.74, 6) is 1.05. The van der Waals surface area contributed by atoms with Gasteiger partial charge in [-0.1, -0.05) is 0 Å². The molecule has 1 amide bonds. The molecule has 0 radical (unpaired) electrons. The first-order valence-corrected chi connectivity index (χ1v) is 9.11. The Morgan fingerprint density at radius 1 is 1.35 bits per heavy atom. The average Bonchev–Trinajstić information content (AvgIpc) is 3.02. The molecule has 26 heavy (non-hydrogen) atoms. The largest absolute Gasteiger partial charge is 0.392 e. The maximum absolute atomic E-state index is 12.7. The molecule has 8 heteroatoms. The molecule has 8 nitrogen and oxygen atoms in total. The van der Waals surface area contributed by atoms with Gasteiger partial charge in [0.05, 0.1) is 18.6 Å². The van der Waals surface area contributed by atoms with Gasteiger partial charge in [-0.3, -0.25) is 4.79 Å². The van der Waals surface area contributed by atoms with E-state index >= 15 is 0 Å². The summed E-state index contributed by atoms with van der Waals surface area (Å²) in [7, 11) is 1.70. The van der Waals surface area contributed by atoms with Crippen LogP contribution < -0.4 is 0 Å². The standard InChI is InChI=1S/C18H25N5O3/c1-11-8-12(2)23-17(19-11)20-15(21-23)10-16(25)22-6-4-18(5-7-22)13(24)9-14(18)26-3/h8,13-14,24H,4-7,9-10H2,1-3H3/t13-,14+/m0/s1. The van der Waals surface area contributed by atoms with Crippen molar-refractivity contribution in [1.82, 2.24) is 24.5 Å². The van der Waals surface area contributed by atoms with E-state index in [9.17, 15) is 9.90 Å². The Bertz CT molecular complexity index is 841. The third-order valence-corrected chi connectivity index (χ3v) is 6.05. The number of nitrogens with zero attached hydrogens (tertiary/aromatic N) is 5. The molecule has 0 unspecified atom stereocenters. The van der Waals surface area contributed by atoms with Crippen molar-refractivity contribution in [2.75, 3.05) is 20.2 Å². The van der Waals surface area contributed by atoms with Gasteiger partial charge in [0.1, 0.15) is 0 Å². The van der Waals surface area contributed by atoms with E-state index in [0.29, 0.717) is 31.1 Å². The minimum Gasteiger partial charge on any atom is -0.392 e. The summed E-state index contributed by atoms with van der Waals surface area (Å²) in [6, 6.07) is 1.94. The molecule has 2 aromatic heterocycles. The van der Waals surface area contributed by atoms with Crippen LogP contribution in [0.15, 0.2) is 6.07 Å². The Kier molecular flexibility index (Phi) is 4.19. The van der Waals surface area contributed by atoms with Crippen molar-refractivity contribution < 1.29 is 14.6 Å². The first-order chi connectivity index (χ1) is 12.4. The number of amides is 1. The number of carbonyl (C=O) groups excluding carboxylic acids is 1. The van der Waals surface area contributed by atoms with E-state index in [2.05, 4.69) is 15.1 Å². The van der Waals surface area contributed by atoms with Gasteiger partial charge in [0.25, 0.3) is 5.78 Å². The lowest BCUT2D eigenvalue weighted by Crippen LogP contribution is -2.62. The first-order valence-electron chi connectivity index (χ1n) is 9.11. The van der Waals surface area contributed by atoms with Gasteiger partial charge in [0, 0.05) is 43.4 Å². The topological polar surface area (TPSA) is 92.9 Å². The number of likely N-dealkylation sites (tertiary alicyclic amines) is 1. The van der Waals surface area contributed by atoms with Gasteiger partial charge in [-0.15, -0.1) is 5.10 Å². The van der Waals surface area contributed by atoms with Crippen molar-refractivity contribution in [3.63, 3.8) is 0 Å². The SMILES string of the molecule is CO[C@@H]1C[C@H](O)C12CCN(C(=O)Cc1nc3nc(C)cc(C)n3n1)CC2. The molecule has 2 aromatic rings. The predicted molar refractivity (Wildman–Crippen MR) is 93.6 cm³/mol. The molecular weight excluding hydrogens is 334 g/mol. The van der Waals surface area contributed by atoms with Crippen LogP contribution in [-0.2, 0) is 16.0 Å². The smallest absolute Gasteiger partial charge is 0.252 e. The van der Waals surface area contributed by atoms with Crippen molar-refractivity contribution in [1.29, 1.82) is 0 Å². The zero-order chi connectivity index (χ0) is 18.5. The summed E-state index contributed by atoms with van der Waals surface area (Å²) in [4.78, 5) is 23.3. The number of aliphatic hydroxyl groups is 1. The van der Waals surface area contributed by atoms with Crippen LogP contribution in [0.4, 0.5) is 0 Å². The Morgan fingerprint density at radius 3 is 2.73 bits per heavy atom. The molecule has 1 spiro atoms. The highest BCUT2D eigenvalue weighted by atomic mass is 16.5. The molecule has 1 aliphatic heterocycles. The van der Waals surface area contributed by atoms with Crippen LogP contribution in [0, 0.1) is 19.3 Å². The van der Waals surface area contributed by atoms with Crippen LogP contribution >= 0.6 is 0 Å². The summed E-state index contributed by atoms with van der Waals surface area (Å²) < 4.78 is 7.18. The van der Waals surface area contributed by atoms with E-state index in [0.717, 1.165) is 24.2 Å². The Morgan fingerprint density at radius 2 is 2.08 bits per heavy atom. The zero-order valence-electron chi connectivity index (χ0n) is 15.5. The second kappa shape index (κ2) is 6.28. The van der Waals surface area contributed by atoms with E-state index in [1.54, 1.807) is 11.6 Å². The molecular formula is C18H25N5O3. The highest BCUT2D eigenvalue weighted by Gasteiger charge is 2.56. The summed E-state index contributed by atoms with van der Waals surface area (Å²) in [5, 5.41) is 14.6. The van der Waals surface area contributed by atoms with E-state index in [1.807, 2.05) is 24.8 Å². The molecule has 2 atom stereocenters. The fourth-order valence-electron chi connectivity index (χ4n) is 4.41. The van der Waals surface area contributed by atoms with Crippen LogP contribution in [0.5, 0.6) is 0 Å². The van der Waals surface area contributed by atoms with Gasteiger partial charge in [-0.2, -0.15) is 4.98 Å². The van der Waals surface area contributed by atoms with E-state index in [4.69, 9.17) is 4.74 Å². The molecule has 0 aromatic carbocycles. The average molecular weight is 359 g/mol. The number of hydrogen-bond acceptors (Lipinski definition) is 6. The number of ether oxygens (including phenoxy) is 1. The molecule has 1 N–H and O–H groups in total. The van der Waals surface area contributed by atoms with Crippen LogP contribution in [0.1, 0.15) is 36.5 Å². The maximum Gasteiger partial charge on any atom is 0.252 e. The van der Waals surface area contributed by atoms with Crippen molar-refractivity contribution in [2.45, 2.75) is 51.7 Å². The van der Waals surface area contributed by atoms with E-state index in [-0.39, 0.29) is 30.0 Å². The minimum absolute atomic E-state index is 0.0212. The lowest BCUT2D eigenvalue weighted by molar-refractivity contribution is -0.202. The third-order valence-electron chi connectivity index (χ3n) is 6.05. The molecule has 1 aliphatic carbocycles. The molecule has 3 heterocycles. The highest BCUT2D eigenvalue weighted by molar-refractivity contribution is 5.78. The molecule has 1 saturated carbocycles. The first kappa shape index (κ1) is 17.4. The lowest BCUT2D eigenvalue weighted by atomic mass is 9.58. The van der Waals surface area contributed by atoms with Gasteiger partial charge in [-0.25, -0.2) is 9.50 Å². The quantitative estimate of drug-likeness (QED) is 0.866. The van der Waals surface area contributed by atoms with Crippen molar-refractivity contribution in [3.8, 4) is 0 Å². The van der Waals surface area contributed by atoms with Gasteiger partial charge >= 0.3 is 0 Å². The molecule has 140 valence electrons. The second-order valence-corrected chi connectivity index (χ2v) is 7.55. The number of carbonyl (C=O) groups is 1. The Hall–Kier alpha value is -2.06. The number of rotatable bonds is 3. The van der Waals surface area contributed by atoms with Crippen molar-refractivity contribution in [2.24, 2.45) is 5.41 Å². The van der Waals surface area contributed by atoms with Crippen LogP contribution in [0.25, 0.3) is 5.78 Å². The highest BCUT2D eigenvalue weighted by Crippen LogP contribution is 2.50. The number of aliphatic hydroxyl groups excluding tert-OH is 1. The minimum atomic E-state index is -0.318. The Balaban J connectivity index is 1.43. The van der Waals surface area contributed by atoms with Crippen molar-refractivity contribution in [3.05, 3.63) is 23.3 Å². The number of hydrogen-bond donors (Lipinski definition) is 1. The summed E-state index contributed by atoms with van der Waals surface area (Å²) in [6.45, 7) is 5.14. The summed E-state index contributed by atoms with van der Waals surface area (Å²) in [5.41, 5.74) is 1.65. The molecule has 1 saturated heterocycles. The molecule has 2 fully saturated rings. The summed E-state index contributed by atoms with van der Waals surface area (Å²) >= 11 is 0. The fraction of sp³-hybridized carbons (Fsp3) is 0.667. The fourth-order valence-corrected chi connectivity index (χ4v) is 4.41. The summed E-state index contributed by atoms with van der Waals surface area (Å²) in [6.07, 6.45) is 2.20. The van der Waals surface area contributed by atoms with E-state index < -0.39 is 0 Å². The van der Waals surface area contributed by atoms with Crippen LogP contribution in [0.3, 0.4) is 0 Å². The normalized spacial score (nSPS) is 24.8. The second-order valence-electron chi connectivity index (χ2n) is 7.55. The number of aryl methyl sites for hydroxylation is 2. The van der Waals surface area contributed by atoms with E-state index in [1.165, 1.54) is 0 Å². The monoisotopic (exact) mass is 359 g/mol.